The van der Waals surface area contributed by atoms with E-state index in [4.69, 9.17) is 9.84 Å². The number of carboxylic acids is 1. The van der Waals surface area contributed by atoms with Gasteiger partial charge in [-0.25, -0.2) is 13.2 Å². The molecule has 1 fully saturated rings. The predicted molar refractivity (Wildman–Crippen MR) is 65.5 cm³/mol. The minimum absolute atomic E-state index is 0.0227. The minimum Gasteiger partial charge on any atom is -0.477 e. The van der Waals surface area contributed by atoms with Crippen LogP contribution < -0.4 is 0 Å². The van der Waals surface area contributed by atoms with Crippen molar-refractivity contribution < 1.29 is 23.1 Å². The lowest BCUT2D eigenvalue weighted by molar-refractivity contribution is 0.0393. The quantitative estimate of drug-likeness (QED) is 0.892. The third-order valence-corrected chi connectivity index (χ3v) is 5.76. The van der Waals surface area contributed by atoms with Crippen LogP contribution in [0.5, 0.6) is 0 Å². The van der Waals surface area contributed by atoms with Crippen molar-refractivity contribution in [3.05, 3.63) is 16.3 Å². The first kappa shape index (κ1) is 13.5. The summed E-state index contributed by atoms with van der Waals surface area (Å²) >= 11 is 0.913. The summed E-state index contributed by atoms with van der Waals surface area (Å²) in [7, 11) is -3.62. The van der Waals surface area contributed by atoms with E-state index in [1.54, 1.807) is 6.92 Å². The minimum atomic E-state index is -3.62. The van der Waals surface area contributed by atoms with Gasteiger partial charge >= 0.3 is 5.97 Å². The van der Waals surface area contributed by atoms with E-state index in [-0.39, 0.29) is 15.8 Å². The van der Waals surface area contributed by atoms with E-state index in [1.165, 1.54) is 15.8 Å². The Bertz CT molecular complexity index is 550. The van der Waals surface area contributed by atoms with Crippen molar-refractivity contribution in [3.63, 3.8) is 0 Å². The highest BCUT2D eigenvalue weighted by Crippen LogP contribution is 2.25. The van der Waals surface area contributed by atoms with Crippen LogP contribution >= 0.6 is 11.3 Å². The molecule has 0 aliphatic carbocycles. The smallest absolute Gasteiger partial charge is 0.345 e. The number of carbonyl (C=O) groups is 1. The second kappa shape index (κ2) is 4.96. The van der Waals surface area contributed by atoms with Gasteiger partial charge in [-0.05, 0) is 13.0 Å². The van der Waals surface area contributed by atoms with E-state index in [0.29, 0.717) is 19.8 Å². The zero-order valence-electron chi connectivity index (χ0n) is 9.70. The molecule has 0 bridgehead atoms. The molecule has 1 aromatic heterocycles. The van der Waals surface area contributed by atoms with Crippen LogP contribution in [0.4, 0.5) is 0 Å². The van der Waals surface area contributed by atoms with E-state index in [0.717, 1.165) is 11.3 Å². The van der Waals surface area contributed by atoms with Crippen LogP contribution in [0.1, 0.15) is 16.6 Å². The maximum absolute atomic E-state index is 12.3. The van der Waals surface area contributed by atoms with Gasteiger partial charge in [0.1, 0.15) is 4.88 Å². The number of sulfonamides is 1. The third-order valence-electron chi connectivity index (χ3n) is 2.70. The van der Waals surface area contributed by atoms with Crippen LogP contribution in [0, 0.1) is 0 Å². The molecule has 8 heteroatoms. The van der Waals surface area contributed by atoms with Crippen molar-refractivity contribution in [1.82, 2.24) is 4.31 Å². The van der Waals surface area contributed by atoms with E-state index >= 15 is 0 Å². The molecular formula is C10H13NO5S2. The summed E-state index contributed by atoms with van der Waals surface area (Å²) in [5, 5.41) is 10.2. The van der Waals surface area contributed by atoms with Gasteiger partial charge in [-0.15, -0.1) is 11.3 Å². The molecule has 1 saturated heterocycles. The molecule has 0 spiro atoms. The van der Waals surface area contributed by atoms with E-state index in [2.05, 4.69) is 0 Å². The molecule has 1 atom stereocenters. The number of carboxylic acid groups (broad SMARTS) is 1. The number of nitrogens with zero attached hydrogens (tertiary/aromatic N) is 1. The van der Waals surface area contributed by atoms with Crippen LogP contribution in [-0.2, 0) is 14.8 Å². The van der Waals surface area contributed by atoms with Gasteiger partial charge in [-0.2, -0.15) is 4.31 Å². The second-order valence-electron chi connectivity index (χ2n) is 3.99. The predicted octanol–water partition coefficient (Wildman–Crippen LogP) is 0.856. The first-order valence-corrected chi connectivity index (χ1v) is 7.66. The average Bonchev–Trinajstić information content (AvgIpc) is 2.79. The molecule has 2 heterocycles. The summed E-state index contributed by atoms with van der Waals surface area (Å²) in [4.78, 5) is 10.8. The molecule has 1 aliphatic heterocycles. The van der Waals surface area contributed by atoms with Crippen LogP contribution in [-0.4, -0.2) is 49.6 Å². The van der Waals surface area contributed by atoms with Crippen molar-refractivity contribution >= 4 is 27.3 Å². The van der Waals surface area contributed by atoms with E-state index in [9.17, 15) is 13.2 Å². The molecule has 1 N–H and O–H groups in total. The number of morpholine rings is 1. The molecule has 1 aliphatic rings. The summed E-state index contributed by atoms with van der Waals surface area (Å²) in [5.74, 6) is -1.11. The SMILES string of the molecule is CC1COCCN1S(=O)(=O)c1csc(C(=O)O)c1. The number of rotatable bonds is 3. The molecule has 6 nitrogen and oxygen atoms in total. The number of ether oxygens (including phenoxy) is 1. The number of hydrogen-bond donors (Lipinski definition) is 1. The number of aromatic carboxylic acids is 1. The normalized spacial score (nSPS) is 21.9. The van der Waals surface area contributed by atoms with Crippen LogP contribution in [0.3, 0.4) is 0 Å². The molecule has 1 aromatic rings. The van der Waals surface area contributed by atoms with Gasteiger partial charge in [0.05, 0.1) is 18.1 Å². The van der Waals surface area contributed by atoms with Gasteiger partial charge < -0.3 is 9.84 Å². The highest BCUT2D eigenvalue weighted by atomic mass is 32.2. The Balaban J connectivity index is 2.31. The molecule has 1 unspecified atom stereocenters. The highest BCUT2D eigenvalue weighted by molar-refractivity contribution is 7.89. The van der Waals surface area contributed by atoms with Crippen LogP contribution in [0.25, 0.3) is 0 Å². The summed E-state index contributed by atoms with van der Waals surface area (Å²) in [6.07, 6.45) is 0. The van der Waals surface area contributed by atoms with Gasteiger partial charge in [0, 0.05) is 18.0 Å². The maximum atomic E-state index is 12.3. The molecule has 100 valence electrons. The van der Waals surface area contributed by atoms with E-state index in [1.807, 2.05) is 0 Å². The van der Waals surface area contributed by atoms with Gasteiger partial charge in [0.2, 0.25) is 10.0 Å². The Morgan fingerprint density at radius 3 is 2.89 bits per heavy atom. The molecule has 0 aromatic carbocycles. The van der Waals surface area contributed by atoms with Crippen molar-refractivity contribution in [2.75, 3.05) is 19.8 Å². The van der Waals surface area contributed by atoms with Crippen molar-refractivity contribution in [3.8, 4) is 0 Å². The zero-order chi connectivity index (χ0) is 13.3. The summed E-state index contributed by atoms with van der Waals surface area (Å²) < 4.78 is 31.2. The lowest BCUT2D eigenvalue weighted by atomic mass is 10.3. The lowest BCUT2D eigenvalue weighted by Gasteiger charge is -2.31. The van der Waals surface area contributed by atoms with E-state index < -0.39 is 16.0 Å². The fourth-order valence-corrected chi connectivity index (χ4v) is 4.47. The average molecular weight is 291 g/mol. The summed E-state index contributed by atoms with van der Waals surface area (Å²) in [6.45, 7) is 2.78. The fourth-order valence-electron chi connectivity index (χ4n) is 1.77. The van der Waals surface area contributed by atoms with Gasteiger partial charge in [0.25, 0.3) is 0 Å². The largest absolute Gasteiger partial charge is 0.477 e. The topological polar surface area (TPSA) is 83.9 Å². The molecule has 2 rings (SSSR count). The number of hydrogen-bond acceptors (Lipinski definition) is 5. The Labute approximate surface area is 109 Å². The molecule has 0 radical (unpaired) electrons. The Morgan fingerprint density at radius 1 is 1.61 bits per heavy atom. The van der Waals surface area contributed by atoms with Crippen molar-refractivity contribution in [1.29, 1.82) is 0 Å². The Morgan fingerprint density at radius 2 is 2.33 bits per heavy atom. The fraction of sp³-hybridized carbons (Fsp3) is 0.500. The molecule has 18 heavy (non-hydrogen) atoms. The Kier molecular flexibility index (Phi) is 3.71. The van der Waals surface area contributed by atoms with Crippen molar-refractivity contribution in [2.45, 2.75) is 17.9 Å². The first-order chi connectivity index (χ1) is 8.43. The van der Waals surface area contributed by atoms with Crippen LogP contribution in [0.2, 0.25) is 0 Å². The molecular weight excluding hydrogens is 278 g/mol. The Hall–Kier alpha value is -0.960. The standard InChI is InChI=1S/C10H13NO5S2/c1-7-5-16-3-2-11(7)18(14,15)8-4-9(10(12)13)17-6-8/h4,6-7H,2-3,5H2,1H3,(H,12,13). The third kappa shape index (κ3) is 2.41. The maximum Gasteiger partial charge on any atom is 0.345 e. The lowest BCUT2D eigenvalue weighted by Crippen LogP contribution is -2.46. The highest BCUT2D eigenvalue weighted by Gasteiger charge is 2.32. The second-order valence-corrected chi connectivity index (χ2v) is 6.79. The molecule has 0 saturated carbocycles. The first-order valence-electron chi connectivity index (χ1n) is 5.34. The zero-order valence-corrected chi connectivity index (χ0v) is 11.3. The van der Waals surface area contributed by atoms with Gasteiger partial charge in [-0.3, -0.25) is 0 Å². The van der Waals surface area contributed by atoms with Crippen molar-refractivity contribution in [2.24, 2.45) is 0 Å². The molecule has 0 amide bonds. The summed E-state index contributed by atoms with van der Waals surface area (Å²) in [5.41, 5.74) is 0. The summed E-state index contributed by atoms with van der Waals surface area (Å²) in [6, 6.07) is 0.960. The van der Waals surface area contributed by atoms with Gasteiger partial charge in [-0.1, -0.05) is 0 Å². The van der Waals surface area contributed by atoms with Crippen LogP contribution in [0.15, 0.2) is 16.3 Å². The number of thiophene rings is 1. The monoisotopic (exact) mass is 291 g/mol. The van der Waals surface area contributed by atoms with Gasteiger partial charge in [0.15, 0.2) is 0 Å².